The average molecular weight is 306 g/mol. The van der Waals surface area contributed by atoms with E-state index < -0.39 is 0 Å². The molecule has 0 amide bonds. The van der Waals surface area contributed by atoms with E-state index in [4.69, 9.17) is 0 Å². The van der Waals surface area contributed by atoms with Crippen LogP contribution in [0.3, 0.4) is 0 Å². The Balaban J connectivity index is 0. The fourth-order valence-corrected chi connectivity index (χ4v) is 2.54. The van der Waals surface area contributed by atoms with Crippen LogP contribution in [0.4, 0.5) is 0 Å². The maximum absolute atomic E-state index is 2.35. The normalized spacial score (nSPS) is 11.4. The van der Waals surface area contributed by atoms with Gasteiger partial charge in [0.15, 0.2) is 0 Å². The number of nitrogens with zero attached hydrogens (tertiary/aromatic N) is 1. The summed E-state index contributed by atoms with van der Waals surface area (Å²) in [7, 11) is 4.69. The summed E-state index contributed by atoms with van der Waals surface area (Å²) >= 11 is 0. The molecule has 2 heteroatoms. The first kappa shape index (κ1) is 22.5. The van der Waals surface area contributed by atoms with Gasteiger partial charge in [-0.2, -0.15) is 0 Å². The predicted octanol–water partition coefficient (Wildman–Crippen LogP) is 2.79. The minimum absolute atomic E-state index is 0. The van der Waals surface area contributed by atoms with Gasteiger partial charge in [0.25, 0.3) is 0 Å². The quantitative estimate of drug-likeness (QED) is 0.342. The van der Waals surface area contributed by atoms with E-state index in [9.17, 15) is 0 Å². The Kier molecular flexibility index (Phi) is 17.6. The molecule has 0 saturated carbocycles. The highest BCUT2D eigenvalue weighted by Gasteiger charge is 2.09. The van der Waals surface area contributed by atoms with E-state index >= 15 is 0 Å². The number of hydrogen-bond donors (Lipinski definition) is 0. The van der Waals surface area contributed by atoms with Crippen LogP contribution in [0, 0.1) is 0 Å². The molecular weight excluding hydrogens is 266 g/mol. The number of unbranched alkanes of at least 4 members (excludes halogenated alkanes) is 11. The lowest BCUT2D eigenvalue weighted by molar-refractivity contribution is -0.888. The Hall–Kier alpha value is 0.250. The van der Waals surface area contributed by atoms with Gasteiger partial charge in [-0.3, -0.25) is 0 Å². The van der Waals surface area contributed by atoms with Crippen molar-refractivity contribution in [3.05, 3.63) is 0 Å². The summed E-state index contributed by atoms with van der Waals surface area (Å²) in [6.07, 6.45) is 17.4. The van der Waals surface area contributed by atoms with Crippen LogP contribution in [0.25, 0.3) is 0 Å². The fourth-order valence-electron chi connectivity index (χ4n) is 2.54. The molecule has 0 rings (SSSR count). The lowest BCUT2D eigenvalue weighted by Gasteiger charge is -2.28. The van der Waals surface area contributed by atoms with Gasteiger partial charge in [0.2, 0.25) is 0 Å². The summed E-state index contributed by atoms with van der Waals surface area (Å²) in [4.78, 5) is 0. The van der Waals surface area contributed by atoms with Gasteiger partial charge in [0.05, 0.1) is 27.2 Å². The van der Waals surface area contributed by atoms with Gasteiger partial charge in [0.1, 0.15) is 0 Å². The Morgan fingerprint density at radius 3 is 1.25 bits per heavy atom. The van der Waals surface area contributed by atoms with Crippen molar-refractivity contribution in [2.45, 2.75) is 90.9 Å². The third kappa shape index (κ3) is 16.3. The molecular formula is C18H40ClN. The van der Waals surface area contributed by atoms with E-state index in [-0.39, 0.29) is 12.4 Å². The van der Waals surface area contributed by atoms with Gasteiger partial charge in [-0.15, -0.1) is 0 Å². The molecule has 0 bridgehead atoms. The molecule has 0 fully saturated rings. The van der Waals surface area contributed by atoms with Crippen molar-refractivity contribution in [3.63, 3.8) is 0 Å². The minimum Gasteiger partial charge on any atom is -1.00 e. The molecule has 20 heavy (non-hydrogen) atoms. The van der Waals surface area contributed by atoms with Gasteiger partial charge in [-0.1, -0.05) is 71.1 Å². The van der Waals surface area contributed by atoms with Crippen LogP contribution >= 0.6 is 0 Å². The zero-order valence-electron chi connectivity index (χ0n) is 14.7. The second-order valence-electron chi connectivity index (χ2n) is 6.86. The van der Waals surface area contributed by atoms with Crippen LogP contribution in [0.5, 0.6) is 0 Å². The van der Waals surface area contributed by atoms with Crippen molar-refractivity contribution in [2.75, 3.05) is 27.2 Å². The summed E-state index contributed by atoms with van der Waals surface area (Å²) in [5.74, 6) is 0. The van der Waals surface area contributed by atoms with Gasteiger partial charge < -0.3 is 16.9 Å². The standard InChI is InChI=1S/C18H40N.ClH/c1-5-7-8-9-10-11-12-13-14-15-16-17-18-19(3,4)6-2;/h5-18H2,1-4H3;1H/q+1;/p-1. The molecule has 0 atom stereocenters. The molecule has 0 aliphatic rings. The largest absolute Gasteiger partial charge is 1.00 e. The molecule has 0 aliphatic heterocycles. The van der Waals surface area contributed by atoms with Gasteiger partial charge >= 0.3 is 0 Å². The lowest BCUT2D eigenvalue weighted by Crippen LogP contribution is -3.00. The average Bonchev–Trinajstić information content (AvgIpc) is 2.40. The molecule has 124 valence electrons. The summed E-state index contributed by atoms with van der Waals surface area (Å²) in [5, 5.41) is 0. The highest BCUT2D eigenvalue weighted by Crippen LogP contribution is 2.12. The molecule has 0 radical (unpaired) electrons. The third-order valence-electron chi connectivity index (χ3n) is 4.47. The molecule has 0 aromatic rings. The minimum atomic E-state index is 0. The van der Waals surface area contributed by atoms with E-state index in [1.165, 1.54) is 94.6 Å². The molecule has 0 aliphatic carbocycles. The summed E-state index contributed by atoms with van der Waals surface area (Å²) in [6, 6.07) is 0. The van der Waals surface area contributed by atoms with Crippen LogP contribution in [0.1, 0.15) is 90.9 Å². The lowest BCUT2D eigenvalue weighted by atomic mass is 10.1. The third-order valence-corrected chi connectivity index (χ3v) is 4.47. The Bertz CT molecular complexity index is 180. The van der Waals surface area contributed by atoms with E-state index in [0.717, 1.165) is 0 Å². The number of rotatable bonds is 14. The van der Waals surface area contributed by atoms with Crippen molar-refractivity contribution < 1.29 is 16.9 Å². The van der Waals surface area contributed by atoms with E-state index in [1.807, 2.05) is 0 Å². The molecule has 0 aromatic carbocycles. The summed E-state index contributed by atoms with van der Waals surface area (Å²) in [6.45, 7) is 7.20. The van der Waals surface area contributed by atoms with Crippen molar-refractivity contribution in [1.82, 2.24) is 0 Å². The fraction of sp³-hybridized carbons (Fsp3) is 1.00. The van der Waals surface area contributed by atoms with Crippen LogP contribution in [0.15, 0.2) is 0 Å². The SMILES string of the molecule is CCCCCCCCCCCCCC[N+](C)(C)CC.[Cl-]. The second-order valence-corrected chi connectivity index (χ2v) is 6.86. The van der Waals surface area contributed by atoms with Crippen LogP contribution in [0.2, 0.25) is 0 Å². The van der Waals surface area contributed by atoms with Crippen molar-refractivity contribution in [2.24, 2.45) is 0 Å². The predicted molar refractivity (Wildman–Crippen MR) is 88.6 cm³/mol. The van der Waals surface area contributed by atoms with Crippen molar-refractivity contribution in [1.29, 1.82) is 0 Å². The topological polar surface area (TPSA) is 0 Å². The van der Waals surface area contributed by atoms with E-state index in [1.54, 1.807) is 0 Å². The molecule has 0 saturated heterocycles. The number of quaternary nitrogens is 1. The van der Waals surface area contributed by atoms with E-state index in [2.05, 4.69) is 27.9 Å². The van der Waals surface area contributed by atoms with Gasteiger partial charge in [-0.05, 0) is 19.8 Å². The Morgan fingerprint density at radius 2 is 0.900 bits per heavy atom. The zero-order valence-corrected chi connectivity index (χ0v) is 15.5. The van der Waals surface area contributed by atoms with E-state index in [0.29, 0.717) is 0 Å². The molecule has 1 nitrogen and oxygen atoms in total. The molecule has 0 unspecified atom stereocenters. The summed E-state index contributed by atoms with van der Waals surface area (Å²) in [5.41, 5.74) is 0. The highest BCUT2D eigenvalue weighted by atomic mass is 35.5. The zero-order chi connectivity index (χ0) is 14.4. The Labute approximate surface area is 135 Å². The smallest absolute Gasteiger partial charge is 0.0782 e. The molecule has 0 spiro atoms. The first-order chi connectivity index (χ1) is 9.12. The molecule has 0 heterocycles. The maximum atomic E-state index is 2.35. The van der Waals surface area contributed by atoms with Crippen molar-refractivity contribution in [3.8, 4) is 0 Å². The van der Waals surface area contributed by atoms with Crippen LogP contribution in [-0.2, 0) is 0 Å². The molecule has 0 aromatic heterocycles. The first-order valence-corrected chi connectivity index (χ1v) is 8.94. The first-order valence-electron chi connectivity index (χ1n) is 8.94. The van der Waals surface area contributed by atoms with Crippen LogP contribution in [-0.4, -0.2) is 31.7 Å². The Morgan fingerprint density at radius 1 is 0.550 bits per heavy atom. The van der Waals surface area contributed by atoms with Gasteiger partial charge in [-0.25, -0.2) is 0 Å². The summed E-state index contributed by atoms with van der Waals surface area (Å²) < 4.78 is 1.19. The van der Waals surface area contributed by atoms with Crippen LogP contribution < -0.4 is 12.4 Å². The number of halogens is 1. The van der Waals surface area contributed by atoms with Gasteiger partial charge in [0, 0.05) is 0 Å². The molecule has 0 N–H and O–H groups in total. The van der Waals surface area contributed by atoms with Crippen molar-refractivity contribution >= 4 is 0 Å². The second kappa shape index (κ2) is 15.6. The highest BCUT2D eigenvalue weighted by molar-refractivity contribution is 4.48. The maximum Gasteiger partial charge on any atom is 0.0782 e. The monoisotopic (exact) mass is 305 g/mol. The number of hydrogen-bond acceptors (Lipinski definition) is 0.